The van der Waals surface area contributed by atoms with Gasteiger partial charge in [0.2, 0.25) is 0 Å². The van der Waals surface area contributed by atoms with Crippen molar-refractivity contribution in [3.63, 3.8) is 0 Å². The Morgan fingerprint density at radius 3 is 2.80 bits per heavy atom. The molecule has 20 heavy (non-hydrogen) atoms. The van der Waals surface area contributed by atoms with E-state index in [-0.39, 0.29) is 5.91 Å². The minimum Gasteiger partial charge on any atom is -0.321 e. The molecule has 0 aliphatic rings. The largest absolute Gasteiger partial charge is 0.321 e. The summed E-state index contributed by atoms with van der Waals surface area (Å²) in [4.78, 5) is 12.3. The Kier molecular flexibility index (Phi) is 4.78. The van der Waals surface area contributed by atoms with E-state index >= 15 is 0 Å². The van der Waals surface area contributed by atoms with Crippen LogP contribution in [0.1, 0.15) is 21.5 Å². The monoisotopic (exact) mass is 440 g/mol. The van der Waals surface area contributed by atoms with E-state index in [9.17, 15) is 4.79 Å². The van der Waals surface area contributed by atoms with Crippen LogP contribution < -0.4 is 5.32 Å². The number of hydrogen-bond donors (Lipinski definition) is 1. The summed E-state index contributed by atoms with van der Waals surface area (Å²) in [6.07, 6.45) is 0. The van der Waals surface area contributed by atoms with Crippen molar-refractivity contribution in [2.24, 2.45) is 0 Å². The third kappa shape index (κ3) is 3.19. The molecule has 0 unspecified atom stereocenters. The zero-order valence-electron chi connectivity index (χ0n) is 10.6. The number of rotatable bonds is 2. The van der Waals surface area contributed by atoms with Gasteiger partial charge in [-0.05, 0) is 75.3 Å². The number of nitrogens with one attached hydrogen (secondary N) is 1. The lowest BCUT2D eigenvalue weighted by Crippen LogP contribution is -2.14. The number of aryl methyl sites for hydroxylation is 1. The van der Waals surface area contributed by atoms with Gasteiger partial charge in [-0.3, -0.25) is 4.79 Å². The van der Waals surface area contributed by atoms with Crippen LogP contribution in [-0.4, -0.2) is 5.91 Å². The van der Waals surface area contributed by atoms with Crippen molar-refractivity contribution in [3.8, 4) is 6.07 Å². The maximum atomic E-state index is 12.3. The second-order valence-corrected chi connectivity index (χ2v) is 6.29. The topological polar surface area (TPSA) is 52.9 Å². The Morgan fingerprint density at radius 2 is 2.10 bits per heavy atom. The van der Waals surface area contributed by atoms with E-state index in [0.717, 1.165) is 13.6 Å². The fraction of sp³-hybridized carbons (Fsp3) is 0.0667. The van der Waals surface area contributed by atoms with Gasteiger partial charge in [0.05, 0.1) is 16.8 Å². The summed E-state index contributed by atoms with van der Waals surface area (Å²) < 4.78 is 1.70. The van der Waals surface area contributed by atoms with E-state index in [2.05, 4.69) is 49.9 Å². The van der Waals surface area contributed by atoms with Gasteiger partial charge in [-0.1, -0.05) is 12.1 Å². The molecule has 0 atom stereocenters. The highest BCUT2D eigenvalue weighted by molar-refractivity contribution is 14.1. The molecule has 2 aromatic rings. The van der Waals surface area contributed by atoms with Crippen molar-refractivity contribution in [1.82, 2.24) is 0 Å². The third-order valence-corrected chi connectivity index (χ3v) is 4.17. The van der Waals surface area contributed by atoms with Crippen molar-refractivity contribution in [2.45, 2.75) is 6.92 Å². The second-order valence-electron chi connectivity index (χ2n) is 4.19. The van der Waals surface area contributed by atoms with Gasteiger partial charge >= 0.3 is 0 Å². The molecule has 0 saturated heterocycles. The zero-order chi connectivity index (χ0) is 14.7. The smallest absolute Gasteiger partial charge is 0.256 e. The highest BCUT2D eigenvalue weighted by atomic mass is 127. The van der Waals surface area contributed by atoms with Crippen molar-refractivity contribution in [2.75, 3.05) is 5.32 Å². The molecule has 5 heteroatoms. The van der Waals surface area contributed by atoms with Crippen LogP contribution in [-0.2, 0) is 0 Å². The maximum absolute atomic E-state index is 12.3. The molecular formula is C15H10BrIN2O. The fourth-order valence-electron chi connectivity index (χ4n) is 1.78. The summed E-state index contributed by atoms with van der Waals surface area (Å²) in [5, 5.41) is 12.0. The fourth-order valence-corrected chi connectivity index (χ4v) is 2.70. The number of halogens is 2. The first-order chi connectivity index (χ1) is 9.52. The van der Waals surface area contributed by atoms with E-state index in [1.54, 1.807) is 12.1 Å². The number of amides is 1. The van der Waals surface area contributed by atoms with Gasteiger partial charge in [-0.25, -0.2) is 0 Å². The van der Waals surface area contributed by atoms with E-state index in [0.29, 0.717) is 16.8 Å². The third-order valence-electron chi connectivity index (χ3n) is 2.81. The molecule has 1 amide bonds. The number of nitriles is 1. The number of nitrogens with zero attached hydrogens (tertiary/aromatic N) is 1. The average Bonchev–Trinajstić information content (AvgIpc) is 2.41. The summed E-state index contributed by atoms with van der Waals surface area (Å²) in [5.74, 6) is -0.238. The standard InChI is InChI=1S/C15H10BrIN2O/c1-9-3-2-4-14(12(9)8-18)19-15(20)11-7-10(17)5-6-13(11)16/h2-7H,1H3,(H,19,20). The number of carbonyl (C=O) groups excluding carboxylic acids is 1. The van der Waals surface area contributed by atoms with Gasteiger partial charge in [0.1, 0.15) is 6.07 Å². The van der Waals surface area contributed by atoms with Crippen LogP contribution in [0, 0.1) is 21.8 Å². The van der Waals surface area contributed by atoms with Crippen LogP contribution in [0.15, 0.2) is 40.9 Å². The number of carbonyl (C=O) groups is 1. The number of anilines is 1. The first kappa shape index (κ1) is 15.0. The molecule has 2 aromatic carbocycles. The predicted octanol–water partition coefficient (Wildman–Crippen LogP) is 4.49. The SMILES string of the molecule is Cc1cccc(NC(=O)c2cc(I)ccc2Br)c1C#N. The van der Waals surface area contributed by atoms with Gasteiger partial charge < -0.3 is 5.32 Å². The minimum atomic E-state index is -0.238. The van der Waals surface area contributed by atoms with Crippen LogP contribution in [0.4, 0.5) is 5.69 Å². The Balaban J connectivity index is 2.36. The quantitative estimate of drug-likeness (QED) is 0.699. The molecule has 0 aromatic heterocycles. The molecule has 2 rings (SSSR count). The van der Waals surface area contributed by atoms with Gasteiger partial charge in [0, 0.05) is 8.04 Å². The van der Waals surface area contributed by atoms with E-state index in [1.807, 2.05) is 31.2 Å². The number of hydrogen-bond acceptors (Lipinski definition) is 2. The van der Waals surface area contributed by atoms with Gasteiger partial charge in [0.25, 0.3) is 5.91 Å². The van der Waals surface area contributed by atoms with Crippen molar-refractivity contribution < 1.29 is 4.79 Å². The molecule has 3 nitrogen and oxygen atoms in total. The normalized spacial score (nSPS) is 9.90. The minimum absolute atomic E-state index is 0.238. The molecule has 1 N–H and O–H groups in total. The van der Waals surface area contributed by atoms with Crippen LogP contribution in [0.25, 0.3) is 0 Å². The zero-order valence-corrected chi connectivity index (χ0v) is 14.3. The number of benzene rings is 2. The highest BCUT2D eigenvalue weighted by Gasteiger charge is 2.13. The second kappa shape index (κ2) is 6.37. The Bertz CT molecular complexity index is 722. The van der Waals surface area contributed by atoms with Crippen molar-refractivity contribution in [1.29, 1.82) is 5.26 Å². The molecule has 0 bridgehead atoms. The molecule has 0 radical (unpaired) electrons. The Morgan fingerprint density at radius 1 is 1.35 bits per heavy atom. The van der Waals surface area contributed by atoms with E-state index in [4.69, 9.17) is 5.26 Å². The molecule has 0 aliphatic carbocycles. The Labute approximate surface area is 139 Å². The van der Waals surface area contributed by atoms with Crippen molar-refractivity contribution >= 4 is 50.1 Å². The molecule has 0 saturated carbocycles. The summed E-state index contributed by atoms with van der Waals surface area (Å²) in [6, 6.07) is 13.0. The first-order valence-electron chi connectivity index (χ1n) is 5.79. The molecular weight excluding hydrogens is 431 g/mol. The van der Waals surface area contributed by atoms with Gasteiger partial charge in [-0.15, -0.1) is 0 Å². The maximum Gasteiger partial charge on any atom is 0.256 e. The summed E-state index contributed by atoms with van der Waals surface area (Å²) in [7, 11) is 0. The van der Waals surface area contributed by atoms with E-state index < -0.39 is 0 Å². The van der Waals surface area contributed by atoms with Crippen molar-refractivity contribution in [3.05, 3.63) is 61.1 Å². The molecule has 0 aliphatic heterocycles. The van der Waals surface area contributed by atoms with E-state index in [1.165, 1.54) is 0 Å². The lowest BCUT2D eigenvalue weighted by Gasteiger charge is -2.10. The highest BCUT2D eigenvalue weighted by Crippen LogP contribution is 2.23. The molecule has 0 fully saturated rings. The van der Waals surface area contributed by atoms with Crippen LogP contribution in [0.5, 0.6) is 0 Å². The molecule has 0 heterocycles. The Hall–Kier alpha value is -1.39. The lowest BCUT2D eigenvalue weighted by molar-refractivity contribution is 0.102. The molecule has 0 spiro atoms. The van der Waals surface area contributed by atoms with Gasteiger partial charge in [0.15, 0.2) is 0 Å². The van der Waals surface area contributed by atoms with Crippen LogP contribution in [0.3, 0.4) is 0 Å². The average molecular weight is 441 g/mol. The predicted molar refractivity (Wildman–Crippen MR) is 90.7 cm³/mol. The van der Waals surface area contributed by atoms with Crippen LogP contribution in [0.2, 0.25) is 0 Å². The molecule has 100 valence electrons. The van der Waals surface area contributed by atoms with Crippen LogP contribution >= 0.6 is 38.5 Å². The van der Waals surface area contributed by atoms with Gasteiger partial charge in [-0.2, -0.15) is 5.26 Å². The lowest BCUT2D eigenvalue weighted by atomic mass is 10.1. The summed E-state index contributed by atoms with van der Waals surface area (Å²) in [5.41, 5.74) is 2.40. The summed E-state index contributed by atoms with van der Waals surface area (Å²) >= 11 is 5.52. The first-order valence-corrected chi connectivity index (χ1v) is 7.66. The summed E-state index contributed by atoms with van der Waals surface area (Å²) in [6.45, 7) is 1.84.